The van der Waals surface area contributed by atoms with Crippen molar-refractivity contribution in [3.63, 3.8) is 0 Å². The highest BCUT2D eigenvalue weighted by Crippen LogP contribution is 2.42. The minimum absolute atomic E-state index is 0.125. The number of halogens is 3. The van der Waals surface area contributed by atoms with E-state index >= 15 is 0 Å². The van der Waals surface area contributed by atoms with Gasteiger partial charge in [0.15, 0.2) is 5.69 Å². The topological polar surface area (TPSA) is 64.0 Å². The smallest absolute Gasteiger partial charge is 0.269 e. The Bertz CT molecular complexity index is 931. The van der Waals surface area contributed by atoms with E-state index in [1.807, 2.05) is 0 Å². The number of aryl methyl sites for hydroxylation is 1. The van der Waals surface area contributed by atoms with E-state index in [1.165, 1.54) is 4.68 Å². The van der Waals surface area contributed by atoms with E-state index < -0.39 is 21.9 Å². The first kappa shape index (κ1) is 21.8. The molecule has 1 saturated carbocycles. The van der Waals surface area contributed by atoms with E-state index in [9.17, 15) is 21.6 Å². The summed E-state index contributed by atoms with van der Waals surface area (Å²) in [6.45, 7) is 4.55. The van der Waals surface area contributed by atoms with Crippen molar-refractivity contribution in [2.24, 2.45) is 5.92 Å². The van der Waals surface area contributed by atoms with Crippen LogP contribution in [-0.4, -0.2) is 24.7 Å². The maximum absolute atomic E-state index is 12.9. The maximum Gasteiger partial charge on any atom is 0.435 e. The highest BCUT2D eigenvalue weighted by Gasteiger charge is 2.37. The molecule has 0 bridgehead atoms. The number of rotatable bonds is 9. The van der Waals surface area contributed by atoms with Gasteiger partial charge >= 0.3 is 6.18 Å². The minimum Gasteiger partial charge on any atom is -0.269 e. The summed E-state index contributed by atoms with van der Waals surface area (Å²) in [5.41, 5.74) is 0.771. The number of nitrogens with one attached hydrogen (secondary N) is 1. The van der Waals surface area contributed by atoms with Crippen LogP contribution in [0, 0.1) is 5.92 Å². The van der Waals surface area contributed by atoms with Crippen molar-refractivity contribution in [1.29, 1.82) is 0 Å². The molecule has 1 aromatic heterocycles. The van der Waals surface area contributed by atoms with Gasteiger partial charge in [-0.15, -0.1) is 0 Å². The molecule has 0 unspecified atom stereocenters. The van der Waals surface area contributed by atoms with E-state index in [2.05, 4.69) is 23.7 Å². The van der Waals surface area contributed by atoms with E-state index in [-0.39, 0.29) is 23.9 Å². The number of benzene rings is 1. The molecule has 9 heteroatoms. The van der Waals surface area contributed by atoms with Crippen LogP contribution in [0.2, 0.25) is 0 Å². The molecule has 0 amide bonds. The van der Waals surface area contributed by atoms with Crippen LogP contribution in [-0.2, 0) is 29.2 Å². The summed E-state index contributed by atoms with van der Waals surface area (Å²) in [5, 5.41) is 3.68. The van der Waals surface area contributed by atoms with Crippen LogP contribution in [0.1, 0.15) is 56.0 Å². The van der Waals surface area contributed by atoms with Gasteiger partial charge in [-0.05, 0) is 55.4 Å². The molecule has 0 aliphatic heterocycles. The highest BCUT2D eigenvalue weighted by atomic mass is 32.2. The monoisotopic (exact) mass is 429 g/mol. The van der Waals surface area contributed by atoms with Crippen molar-refractivity contribution in [2.45, 2.75) is 63.1 Å². The predicted molar refractivity (Wildman–Crippen MR) is 104 cm³/mol. The molecule has 3 rings (SSSR count). The van der Waals surface area contributed by atoms with Gasteiger partial charge < -0.3 is 0 Å². The molecule has 0 radical (unpaired) electrons. The second-order valence-electron chi connectivity index (χ2n) is 7.94. The second kappa shape index (κ2) is 8.47. The zero-order chi connectivity index (χ0) is 21.2. The molecule has 0 atom stereocenters. The van der Waals surface area contributed by atoms with Crippen LogP contribution in [0.3, 0.4) is 0 Å². The van der Waals surface area contributed by atoms with Crippen LogP contribution in [0.5, 0.6) is 0 Å². The number of aromatic nitrogens is 2. The molecular formula is C20H26F3N3O2S. The molecule has 0 saturated heterocycles. The van der Waals surface area contributed by atoms with E-state index in [4.69, 9.17) is 0 Å². The number of hydrogen-bond acceptors (Lipinski definition) is 3. The molecule has 0 spiro atoms. The molecule has 1 aromatic carbocycles. The van der Waals surface area contributed by atoms with Crippen molar-refractivity contribution in [1.82, 2.24) is 14.5 Å². The minimum atomic E-state index is -4.47. The van der Waals surface area contributed by atoms with Crippen molar-refractivity contribution < 1.29 is 21.6 Å². The average Bonchev–Trinajstić information content (AvgIpc) is 3.37. The van der Waals surface area contributed by atoms with Gasteiger partial charge in [-0.2, -0.15) is 18.3 Å². The molecule has 5 nitrogen and oxygen atoms in total. The zero-order valence-corrected chi connectivity index (χ0v) is 17.4. The third kappa shape index (κ3) is 5.82. The average molecular weight is 430 g/mol. The Balaban J connectivity index is 1.56. The standard InChI is InChI=1S/C20H26F3N3O2S/c1-14(2)12-15-4-8-17(9-5-15)29(27,28)24-10-3-11-26-18(16-6-7-16)13-19(25-26)20(21,22)23/h4-5,8-9,13-14,16,24H,3,6-7,10-12H2,1-2H3. The molecule has 160 valence electrons. The van der Waals surface area contributed by atoms with E-state index in [0.717, 1.165) is 30.9 Å². The first-order valence-corrected chi connectivity index (χ1v) is 11.3. The fourth-order valence-corrected chi connectivity index (χ4v) is 4.33. The molecule has 1 fully saturated rings. The van der Waals surface area contributed by atoms with E-state index in [1.54, 1.807) is 24.3 Å². The van der Waals surface area contributed by atoms with Crippen LogP contribution in [0.25, 0.3) is 0 Å². The quantitative estimate of drug-likeness (QED) is 0.603. The molecule has 1 aliphatic carbocycles. The summed E-state index contributed by atoms with van der Waals surface area (Å²) in [6.07, 6.45) is -1.52. The Kier molecular flexibility index (Phi) is 6.38. The molecular weight excluding hydrogens is 403 g/mol. The van der Waals surface area contributed by atoms with Crippen molar-refractivity contribution >= 4 is 10.0 Å². The highest BCUT2D eigenvalue weighted by molar-refractivity contribution is 7.89. The summed E-state index contributed by atoms with van der Waals surface area (Å²) >= 11 is 0. The van der Waals surface area contributed by atoms with Crippen LogP contribution < -0.4 is 4.72 Å². The van der Waals surface area contributed by atoms with Gasteiger partial charge in [-0.3, -0.25) is 4.68 Å². The molecule has 1 heterocycles. The molecule has 1 N–H and O–H groups in total. The number of nitrogens with zero attached hydrogens (tertiary/aromatic N) is 2. The Morgan fingerprint density at radius 1 is 1.21 bits per heavy atom. The Labute approximate surface area is 169 Å². The van der Waals surface area contributed by atoms with Crippen molar-refractivity contribution in [3.05, 3.63) is 47.3 Å². The summed E-state index contributed by atoms with van der Waals surface area (Å²) in [5.74, 6) is 0.607. The SMILES string of the molecule is CC(C)Cc1ccc(S(=O)(=O)NCCCn2nc(C(F)(F)F)cc2C2CC2)cc1. The number of hydrogen-bond donors (Lipinski definition) is 1. The largest absolute Gasteiger partial charge is 0.435 e. The first-order chi connectivity index (χ1) is 13.6. The van der Waals surface area contributed by atoms with Crippen LogP contribution in [0.15, 0.2) is 35.2 Å². The van der Waals surface area contributed by atoms with Crippen molar-refractivity contribution in [2.75, 3.05) is 6.54 Å². The van der Waals surface area contributed by atoms with Crippen LogP contribution >= 0.6 is 0 Å². The lowest BCUT2D eigenvalue weighted by Gasteiger charge is -2.10. The lowest BCUT2D eigenvalue weighted by Crippen LogP contribution is -2.26. The van der Waals surface area contributed by atoms with Gasteiger partial charge in [0, 0.05) is 24.7 Å². The normalized spacial score (nSPS) is 15.2. The number of alkyl halides is 3. The molecule has 1 aliphatic rings. The van der Waals surface area contributed by atoms with E-state index in [0.29, 0.717) is 18.0 Å². The zero-order valence-electron chi connectivity index (χ0n) is 16.5. The van der Waals surface area contributed by atoms with Crippen molar-refractivity contribution in [3.8, 4) is 0 Å². The third-order valence-electron chi connectivity index (χ3n) is 4.81. The number of sulfonamides is 1. The summed E-state index contributed by atoms with van der Waals surface area (Å²) in [4.78, 5) is 0.183. The lowest BCUT2D eigenvalue weighted by molar-refractivity contribution is -0.141. The molecule has 2 aromatic rings. The lowest BCUT2D eigenvalue weighted by atomic mass is 10.0. The maximum atomic E-state index is 12.9. The van der Waals surface area contributed by atoms with Gasteiger partial charge in [0.2, 0.25) is 10.0 Å². The Morgan fingerprint density at radius 3 is 2.41 bits per heavy atom. The summed E-state index contributed by atoms with van der Waals surface area (Å²) < 4.78 is 67.5. The van der Waals surface area contributed by atoms with Crippen LogP contribution in [0.4, 0.5) is 13.2 Å². The fourth-order valence-electron chi connectivity index (χ4n) is 3.25. The summed E-state index contributed by atoms with van der Waals surface area (Å²) in [7, 11) is -3.65. The Morgan fingerprint density at radius 2 is 1.86 bits per heavy atom. The molecule has 29 heavy (non-hydrogen) atoms. The second-order valence-corrected chi connectivity index (χ2v) is 9.71. The van der Waals surface area contributed by atoms with Gasteiger partial charge in [0.05, 0.1) is 4.90 Å². The Hall–Kier alpha value is -1.87. The fraction of sp³-hybridized carbons (Fsp3) is 0.550. The van der Waals surface area contributed by atoms with Gasteiger partial charge in [0.1, 0.15) is 0 Å². The third-order valence-corrected chi connectivity index (χ3v) is 6.29. The van der Waals surface area contributed by atoms with Gasteiger partial charge in [0.25, 0.3) is 0 Å². The van der Waals surface area contributed by atoms with Gasteiger partial charge in [-0.25, -0.2) is 13.1 Å². The van der Waals surface area contributed by atoms with Gasteiger partial charge in [-0.1, -0.05) is 26.0 Å². The summed E-state index contributed by atoms with van der Waals surface area (Å²) in [6, 6.07) is 7.88. The first-order valence-electron chi connectivity index (χ1n) is 9.80. The predicted octanol–water partition coefficient (Wildman–Crippen LogP) is 4.35.